The van der Waals surface area contributed by atoms with E-state index in [1.54, 1.807) is 17.0 Å². The molecule has 0 unspecified atom stereocenters. The molecule has 0 atom stereocenters. The zero-order valence-electron chi connectivity index (χ0n) is 15.5. The summed E-state index contributed by atoms with van der Waals surface area (Å²) in [5.41, 5.74) is 0.360. The van der Waals surface area contributed by atoms with Crippen molar-refractivity contribution in [2.24, 2.45) is 5.92 Å². The van der Waals surface area contributed by atoms with Crippen molar-refractivity contribution in [1.29, 1.82) is 0 Å². The van der Waals surface area contributed by atoms with Gasteiger partial charge in [-0.25, -0.2) is 4.39 Å². The lowest BCUT2D eigenvalue weighted by molar-refractivity contribution is -0.132. The quantitative estimate of drug-likeness (QED) is 0.497. The molecule has 1 fully saturated rings. The van der Waals surface area contributed by atoms with Crippen molar-refractivity contribution in [3.8, 4) is 0 Å². The summed E-state index contributed by atoms with van der Waals surface area (Å²) in [6.45, 7) is 4.94. The van der Waals surface area contributed by atoms with E-state index in [0.717, 1.165) is 10.9 Å². The molecule has 2 rings (SSSR count). The largest absolute Gasteiger partial charge is 0.382 e. The van der Waals surface area contributed by atoms with Crippen molar-refractivity contribution in [3.63, 3.8) is 0 Å². The van der Waals surface area contributed by atoms with Crippen LogP contribution in [0.15, 0.2) is 28.7 Å². The van der Waals surface area contributed by atoms with Crippen molar-refractivity contribution in [2.75, 3.05) is 32.8 Å². The molecule has 5 nitrogen and oxygen atoms in total. The Kier molecular flexibility index (Phi) is 8.94. The number of rotatable bonds is 8. The van der Waals surface area contributed by atoms with E-state index >= 15 is 0 Å². The van der Waals surface area contributed by atoms with Gasteiger partial charge in [0.15, 0.2) is 0 Å². The number of ether oxygens (including phenoxy) is 1. The number of hydrogen-bond acceptors (Lipinski definition) is 3. The molecule has 1 heterocycles. The summed E-state index contributed by atoms with van der Waals surface area (Å²) in [5.74, 6) is -0.551. The molecular formula is C20H26BrFN2O3. The third-order valence-electron chi connectivity index (χ3n) is 4.51. The number of benzene rings is 1. The number of likely N-dealkylation sites (tertiary alicyclic amines) is 1. The zero-order chi connectivity index (χ0) is 19.6. The minimum atomic E-state index is -0.373. The number of amides is 2. The van der Waals surface area contributed by atoms with Crippen LogP contribution < -0.4 is 5.32 Å². The van der Waals surface area contributed by atoms with E-state index in [2.05, 4.69) is 21.2 Å². The Bertz CT molecular complexity index is 673. The van der Waals surface area contributed by atoms with Gasteiger partial charge in [-0.3, -0.25) is 9.59 Å². The first-order valence-electron chi connectivity index (χ1n) is 9.28. The van der Waals surface area contributed by atoms with E-state index in [0.29, 0.717) is 51.3 Å². The lowest BCUT2D eigenvalue weighted by Gasteiger charge is -2.30. The fraction of sp³-hybridized carbons (Fsp3) is 0.500. The van der Waals surface area contributed by atoms with Gasteiger partial charge in [0.25, 0.3) is 0 Å². The van der Waals surface area contributed by atoms with Gasteiger partial charge in [-0.1, -0.05) is 15.9 Å². The molecule has 1 aromatic carbocycles. The summed E-state index contributed by atoms with van der Waals surface area (Å²) in [6.07, 6.45) is 4.96. The summed E-state index contributed by atoms with van der Waals surface area (Å²) in [5, 5.41) is 2.93. The third-order valence-corrected chi connectivity index (χ3v) is 5.00. The zero-order valence-corrected chi connectivity index (χ0v) is 17.1. The van der Waals surface area contributed by atoms with Crippen molar-refractivity contribution in [2.45, 2.75) is 26.2 Å². The van der Waals surface area contributed by atoms with Crippen LogP contribution in [0.5, 0.6) is 0 Å². The van der Waals surface area contributed by atoms with E-state index in [1.807, 2.05) is 6.92 Å². The van der Waals surface area contributed by atoms with Gasteiger partial charge in [0.2, 0.25) is 11.8 Å². The summed E-state index contributed by atoms with van der Waals surface area (Å²) in [6, 6.07) is 4.59. The average Bonchev–Trinajstić information content (AvgIpc) is 2.68. The smallest absolute Gasteiger partial charge is 0.246 e. The molecule has 1 N–H and O–H groups in total. The van der Waals surface area contributed by atoms with Gasteiger partial charge >= 0.3 is 0 Å². The maximum absolute atomic E-state index is 13.7. The Morgan fingerprint density at radius 1 is 1.37 bits per heavy atom. The molecule has 1 aromatic rings. The highest BCUT2D eigenvalue weighted by atomic mass is 79.9. The van der Waals surface area contributed by atoms with Crippen molar-refractivity contribution >= 4 is 33.8 Å². The second kappa shape index (κ2) is 11.2. The van der Waals surface area contributed by atoms with Gasteiger partial charge < -0.3 is 15.0 Å². The van der Waals surface area contributed by atoms with Crippen molar-refractivity contribution in [3.05, 3.63) is 40.1 Å². The van der Waals surface area contributed by atoms with Gasteiger partial charge in [-0.15, -0.1) is 0 Å². The Hall–Kier alpha value is -1.73. The van der Waals surface area contributed by atoms with Crippen LogP contribution >= 0.6 is 15.9 Å². The predicted molar refractivity (Wildman–Crippen MR) is 107 cm³/mol. The van der Waals surface area contributed by atoms with Gasteiger partial charge in [0.1, 0.15) is 5.82 Å². The first kappa shape index (κ1) is 21.6. The van der Waals surface area contributed by atoms with Crippen LogP contribution in [-0.4, -0.2) is 49.6 Å². The lowest BCUT2D eigenvalue weighted by Crippen LogP contribution is -2.42. The first-order valence-corrected chi connectivity index (χ1v) is 10.1. The molecule has 148 valence electrons. The molecule has 7 heteroatoms. The molecule has 0 aromatic heterocycles. The fourth-order valence-corrected chi connectivity index (χ4v) is 3.32. The van der Waals surface area contributed by atoms with Crippen LogP contribution in [0.2, 0.25) is 0 Å². The molecule has 27 heavy (non-hydrogen) atoms. The topological polar surface area (TPSA) is 58.6 Å². The summed E-state index contributed by atoms with van der Waals surface area (Å²) in [4.78, 5) is 26.2. The number of nitrogens with one attached hydrogen (secondary N) is 1. The first-order chi connectivity index (χ1) is 13.0. The minimum Gasteiger partial charge on any atom is -0.382 e. The fourth-order valence-electron chi connectivity index (χ4n) is 2.95. The van der Waals surface area contributed by atoms with Crippen LogP contribution in [0.25, 0.3) is 6.08 Å². The van der Waals surface area contributed by atoms with Crippen LogP contribution in [-0.2, 0) is 14.3 Å². The maximum atomic E-state index is 13.7. The van der Waals surface area contributed by atoms with Gasteiger partial charge in [0, 0.05) is 54.9 Å². The number of nitrogens with zero attached hydrogens (tertiary/aromatic N) is 1. The highest BCUT2D eigenvalue weighted by molar-refractivity contribution is 9.10. The van der Waals surface area contributed by atoms with Gasteiger partial charge in [-0.05, 0) is 50.5 Å². The van der Waals surface area contributed by atoms with E-state index in [4.69, 9.17) is 4.74 Å². The molecule has 1 saturated heterocycles. The van der Waals surface area contributed by atoms with Gasteiger partial charge in [-0.2, -0.15) is 0 Å². The van der Waals surface area contributed by atoms with Crippen LogP contribution in [0.4, 0.5) is 4.39 Å². The van der Waals surface area contributed by atoms with E-state index in [-0.39, 0.29) is 23.5 Å². The van der Waals surface area contributed by atoms with Crippen molar-refractivity contribution in [1.82, 2.24) is 10.2 Å². The normalized spacial score (nSPS) is 15.3. The van der Waals surface area contributed by atoms with E-state index in [9.17, 15) is 14.0 Å². The molecular weight excluding hydrogens is 415 g/mol. The van der Waals surface area contributed by atoms with Crippen LogP contribution in [0, 0.1) is 11.7 Å². The molecule has 1 aliphatic heterocycles. The minimum absolute atomic E-state index is 0.0466. The Labute approximate surface area is 168 Å². The number of halogens is 2. The second-order valence-electron chi connectivity index (χ2n) is 6.44. The number of carbonyl (C=O) groups excluding carboxylic acids is 2. The number of piperidine rings is 1. The predicted octanol–water partition coefficient (Wildman–Crippen LogP) is 3.38. The third kappa shape index (κ3) is 7.07. The molecule has 0 saturated carbocycles. The highest BCUT2D eigenvalue weighted by Crippen LogP contribution is 2.19. The van der Waals surface area contributed by atoms with E-state index in [1.165, 1.54) is 18.2 Å². The second-order valence-corrected chi connectivity index (χ2v) is 7.36. The molecule has 0 radical (unpaired) electrons. The standard InChI is InChI=1S/C20H26BrFN2O3/c1-2-27-13-3-10-23-20(26)15-8-11-24(12-9-15)19(25)7-4-16-14-17(21)5-6-18(16)22/h4-7,14-15H,2-3,8-13H2,1H3,(H,23,26)/b7-4+. The maximum Gasteiger partial charge on any atom is 0.246 e. The van der Waals surface area contributed by atoms with E-state index < -0.39 is 0 Å². The lowest BCUT2D eigenvalue weighted by atomic mass is 9.96. The number of carbonyl (C=O) groups is 2. The molecule has 0 spiro atoms. The Morgan fingerprint density at radius 3 is 2.81 bits per heavy atom. The van der Waals surface area contributed by atoms with Crippen LogP contribution in [0.1, 0.15) is 31.7 Å². The van der Waals surface area contributed by atoms with Gasteiger partial charge in [0.05, 0.1) is 0 Å². The summed E-state index contributed by atoms with van der Waals surface area (Å²) < 4.78 is 19.7. The summed E-state index contributed by atoms with van der Waals surface area (Å²) >= 11 is 3.29. The molecule has 0 aliphatic carbocycles. The monoisotopic (exact) mass is 440 g/mol. The van der Waals surface area contributed by atoms with Crippen molar-refractivity contribution < 1.29 is 18.7 Å². The highest BCUT2D eigenvalue weighted by Gasteiger charge is 2.26. The molecule has 0 bridgehead atoms. The SMILES string of the molecule is CCOCCCNC(=O)C1CCN(C(=O)/C=C/c2cc(Br)ccc2F)CC1. The Balaban J connectivity index is 1.76. The summed E-state index contributed by atoms with van der Waals surface area (Å²) in [7, 11) is 0. The average molecular weight is 441 g/mol. The van der Waals surface area contributed by atoms with Crippen LogP contribution in [0.3, 0.4) is 0 Å². The molecule has 1 aliphatic rings. The number of hydrogen-bond donors (Lipinski definition) is 1. The molecule has 2 amide bonds. The Morgan fingerprint density at radius 2 is 2.11 bits per heavy atom.